The number of aryl methyl sites for hydroxylation is 1. The highest BCUT2D eigenvalue weighted by atomic mass is 32.2. The van der Waals surface area contributed by atoms with Gasteiger partial charge in [-0.15, -0.1) is 0 Å². The lowest BCUT2D eigenvalue weighted by atomic mass is 9.94. The van der Waals surface area contributed by atoms with Gasteiger partial charge in [0.2, 0.25) is 5.91 Å². The number of carbonyl (C=O) groups excluding carboxylic acids is 1. The van der Waals surface area contributed by atoms with Crippen LogP contribution in [-0.2, 0) is 15.8 Å². The Morgan fingerprint density at radius 3 is 2.68 bits per heavy atom. The smallest absolute Gasteiger partial charge is 0.226 e. The van der Waals surface area contributed by atoms with E-state index >= 15 is 0 Å². The van der Waals surface area contributed by atoms with Crippen LogP contribution in [0.4, 0.5) is 10.8 Å². The van der Waals surface area contributed by atoms with E-state index in [1.807, 2.05) is 19.1 Å². The average molecular weight is 501 g/mol. The van der Waals surface area contributed by atoms with Crippen LogP contribution in [0.15, 0.2) is 47.4 Å². The van der Waals surface area contributed by atoms with Gasteiger partial charge in [0.25, 0.3) is 0 Å². The molecule has 1 amide bonds. The number of carbonyl (C=O) groups is 1. The predicted octanol–water partition coefficient (Wildman–Crippen LogP) is 4.30. The third-order valence-corrected chi connectivity index (χ3v) is 7.94. The third-order valence-electron chi connectivity index (χ3n) is 5.68. The van der Waals surface area contributed by atoms with Crippen molar-refractivity contribution < 1.29 is 18.8 Å². The number of hydrogen-bond donors (Lipinski definition) is 4. The summed E-state index contributed by atoms with van der Waals surface area (Å²) in [7, 11) is -0.0652. The van der Waals surface area contributed by atoms with E-state index in [2.05, 4.69) is 20.3 Å². The number of ether oxygens (including phenoxy) is 1. The average Bonchev–Trinajstić information content (AvgIpc) is 3.20. The largest absolute Gasteiger partial charge is 0.508 e. The minimum atomic E-state index is -1.60. The number of aromatic hydroxyl groups is 1. The van der Waals surface area contributed by atoms with Gasteiger partial charge in [-0.2, -0.15) is 0 Å². The van der Waals surface area contributed by atoms with Gasteiger partial charge in [-0.3, -0.25) is 4.79 Å². The summed E-state index contributed by atoms with van der Waals surface area (Å²) in [5.74, 6) is 1.02. The Morgan fingerprint density at radius 1 is 1.24 bits per heavy atom. The zero-order valence-corrected chi connectivity index (χ0v) is 20.7. The first-order valence-electron chi connectivity index (χ1n) is 11.1. The van der Waals surface area contributed by atoms with E-state index in [1.54, 1.807) is 18.2 Å². The van der Waals surface area contributed by atoms with Crippen molar-refractivity contribution in [2.75, 3.05) is 30.2 Å². The first-order chi connectivity index (χ1) is 16.4. The van der Waals surface area contributed by atoms with Crippen molar-refractivity contribution in [2.24, 2.45) is 5.92 Å². The third kappa shape index (κ3) is 5.94. The van der Waals surface area contributed by atoms with E-state index in [4.69, 9.17) is 4.74 Å². The highest BCUT2D eigenvalue weighted by molar-refractivity contribution is 7.86. The number of rotatable bonds is 8. The summed E-state index contributed by atoms with van der Waals surface area (Å²) in [6.45, 7) is 3.81. The molecule has 8 nitrogen and oxygen atoms in total. The minimum absolute atomic E-state index is 0.0122. The monoisotopic (exact) mass is 500 g/mol. The molecule has 0 aliphatic carbocycles. The number of phenols is 1. The number of hydrogen-bond acceptors (Lipinski definition) is 7. The zero-order chi connectivity index (χ0) is 24.1. The fraction of sp³-hybridized carbons (Fsp3) is 0.333. The van der Waals surface area contributed by atoms with E-state index in [1.165, 1.54) is 30.6 Å². The van der Waals surface area contributed by atoms with Crippen molar-refractivity contribution in [1.29, 1.82) is 0 Å². The molecule has 4 N–H and O–H groups in total. The summed E-state index contributed by atoms with van der Waals surface area (Å²) in [6, 6.07) is 11.8. The highest BCUT2D eigenvalue weighted by Gasteiger charge is 2.20. The van der Waals surface area contributed by atoms with Gasteiger partial charge in [0.05, 0.1) is 17.7 Å². The number of amides is 1. The lowest BCUT2D eigenvalue weighted by Crippen LogP contribution is -2.30. The second-order valence-electron chi connectivity index (χ2n) is 8.16. The Morgan fingerprint density at radius 2 is 1.97 bits per heavy atom. The molecule has 1 aliphatic heterocycles. The van der Waals surface area contributed by atoms with Crippen LogP contribution < -0.4 is 20.1 Å². The molecule has 1 saturated heterocycles. The van der Waals surface area contributed by atoms with E-state index in [0.29, 0.717) is 33.8 Å². The Hall–Kier alpha value is -2.95. The minimum Gasteiger partial charge on any atom is -0.508 e. The normalized spacial score (nSPS) is 15.0. The van der Waals surface area contributed by atoms with E-state index in [0.717, 1.165) is 42.1 Å². The summed E-state index contributed by atoms with van der Waals surface area (Å²) < 4.78 is 21.4. The molecule has 1 fully saturated rings. The maximum absolute atomic E-state index is 13.1. The van der Waals surface area contributed by atoms with Crippen LogP contribution in [0, 0.1) is 12.8 Å². The molecular weight excluding hydrogens is 472 g/mol. The Kier molecular flexibility index (Phi) is 7.81. The molecule has 0 radical (unpaired) electrons. The van der Waals surface area contributed by atoms with Crippen LogP contribution >= 0.6 is 11.3 Å². The molecule has 3 aromatic rings. The lowest BCUT2D eigenvalue weighted by molar-refractivity contribution is -0.117. The van der Waals surface area contributed by atoms with Gasteiger partial charge in [0.1, 0.15) is 16.4 Å². The van der Waals surface area contributed by atoms with Crippen LogP contribution in [-0.4, -0.2) is 40.4 Å². The van der Waals surface area contributed by atoms with Crippen molar-refractivity contribution >= 4 is 39.0 Å². The van der Waals surface area contributed by atoms with Crippen molar-refractivity contribution in [2.45, 2.75) is 31.1 Å². The van der Waals surface area contributed by atoms with Gasteiger partial charge in [0.15, 0.2) is 16.1 Å². The number of aromatic nitrogens is 1. The molecule has 10 heteroatoms. The Labute approximate surface area is 205 Å². The van der Waals surface area contributed by atoms with Gasteiger partial charge in [-0.05, 0) is 86.8 Å². The summed E-state index contributed by atoms with van der Waals surface area (Å²) in [5.41, 5.74) is 2.23. The zero-order valence-electron chi connectivity index (χ0n) is 19.1. The van der Waals surface area contributed by atoms with Crippen LogP contribution in [0.25, 0.3) is 10.4 Å². The molecule has 1 unspecified atom stereocenters. The maximum atomic E-state index is 13.1. The SMILES string of the molecule is COc1ccc(-c2sc(NC(=O)CC3CCNCC3)nc2C)cc1S(=O)Nc1ccc(O)cc1. The highest BCUT2D eigenvalue weighted by Crippen LogP contribution is 2.36. The standard InChI is InChI=1S/C24H28N4O4S2/c1-15-23(33-24(26-15)27-22(30)13-16-9-11-25-12-10-16)17-3-8-20(32-2)21(14-17)34(31)28-18-4-6-19(29)7-5-18/h3-8,14,16,25,28-29H,9-13H2,1-2H3,(H,26,27,30). The Balaban J connectivity index is 1.51. The Bertz CT molecular complexity index is 1170. The number of nitrogens with zero attached hydrogens (tertiary/aromatic N) is 1. The number of nitrogens with one attached hydrogen (secondary N) is 3. The van der Waals surface area contributed by atoms with Gasteiger partial charge >= 0.3 is 0 Å². The molecule has 2 heterocycles. The van der Waals surface area contributed by atoms with Crippen molar-refractivity contribution in [3.63, 3.8) is 0 Å². The van der Waals surface area contributed by atoms with Crippen molar-refractivity contribution in [1.82, 2.24) is 10.3 Å². The van der Waals surface area contributed by atoms with Gasteiger partial charge in [-0.25, -0.2) is 9.19 Å². The number of methoxy groups -OCH3 is 1. The molecule has 4 rings (SSSR count). The summed E-state index contributed by atoms with van der Waals surface area (Å²) in [6.07, 6.45) is 2.53. The molecular formula is C24H28N4O4S2. The van der Waals surface area contributed by atoms with E-state index in [9.17, 15) is 14.1 Å². The predicted molar refractivity (Wildman–Crippen MR) is 136 cm³/mol. The first-order valence-corrected chi connectivity index (χ1v) is 13.0. The number of thiazole rings is 1. The molecule has 1 aromatic heterocycles. The molecule has 0 saturated carbocycles. The topological polar surface area (TPSA) is 113 Å². The molecule has 0 spiro atoms. The molecule has 2 aromatic carbocycles. The van der Waals surface area contributed by atoms with Crippen molar-refractivity contribution in [3.8, 4) is 21.9 Å². The number of piperidine rings is 1. The molecule has 1 atom stereocenters. The molecule has 34 heavy (non-hydrogen) atoms. The number of phenolic OH excluding ortho intramolecular Hbond substituents is 1. The first kappa shape index (κ1) is 24.2. The fourth-order valence-corrected chi connectivity index (χ4v) is 5.90. The van der Waals surface area contributed by atoms with Crippen LogP contribution in [0.3, 0.4) is 0 Å². The molecule has 1 aliphatic rings. The van der Waals surface area contributed by atoms with Crippen LogP contribution in [0.1, 0.15) is 25.0 Å². The van der Waals surface area contributed by atoms with E-state index in [-0.39, 0.29) is 11.7 Å². The quantitative estimate of drug-likeness (QED) is 0.343. The van der Waals surface area contributed by atoms with Gasteiger partial charge in [0, 0.05) is 12.1 Å². The maximum Gasteiger partial charge on any atom is 0.226 e. The molecule has 0 bridgehead atoms. The summed E-state index contributed by atoms with van der Waals surface area (Å²) in [5, 5.41) is 16.3. The summed E-state index contributed by atoms with van der Waals surface area (Å²) in [4.78, 5) is 18.4. The van der Waals surface area contributed by atoms with Crippen molar-refractivity contribution in [3.05, 3.63) is 48.2 Å². The van der Waals surface area contributed by atoms with Crippen LogP contribution in [0.5, 0.6) is 11.5 Å². The summed E-state index contributed by atoms with van der Waals surface area (Å²) >= 11 is 1.40. The number of benzene rings is 2. The fourth-order valence-electron chi connectivity index (χ4n) is 3.89. The second kappa shape index (κ2) is 11.0. The second-order valence-corrected chi connectivity index (χ2v) is 10.3. The number of anilines is 2. The van der Waals surface area contributed by atoms with Gasteiger partial charge < -0.3 is 25.2 Å². The van der Waals surface area contributed by atoms with E-state index < -0.39 is 11.0 Å². The molecule has 180 valence electrons. The lowest BCUT2D eigenvalue weighted by Gasteiger charge is -2.21. The van der Waals surface area contributed by atoms with Crippen LogP contribution in [0.2, 0.25) is 0 Å². The van der Waals surface area contributed by atoms with Gasteiger partial charge in [-0.1, -0.05) is 11.3 Å².